The summed E-state index contributed by atoms with van der Waals surface area (Å²) in [7, 11) is 0. The molecule has 0 radical (unpaired) electrons. The highest BCUT2D eigenvalue weighted by Gasteiger charge is 2.22. The molecule has 0 spiro atoms. The molecule has 0 bridgehead atoms. The minimum atomic E-state index is 0.312. The molecule has 2 unspecified atom stereocenters. The maximum Gasteiger partial charge on any atom is 0.147 e. The quantitative estimate of drug-likeness (QED) is 0.909. The lowest BCUT2D eigenvalue weighted by molar-refractivity contribution is 0.0233. The molecule has 3 N–H and O–H groups in total. The smallest absolute Gasteiger partial charge is 0.147 e. The van der Waals surface area contributed by atoms with Gasteiger partial charge in [0.05, 0.1) is 11.7 Å². The van der Waals surface area contributed by atoms with Gasteiger partial charge >= 0.3 is 0 Å². The van der Waals surface area contributed by atoms with E-state index in [-0.39, 0.29) is 0 Å². The van der Waals surface area contributed by atoms with Crippen LogP contribution in [-0.2, 0) is 4.74 Å². The molecule has 1 aromatic carbocycles. The average Bonchev–Trinajstić information content (AvgIpc) is 2.81. The first kappa shape index (κ1) is 13.4. The zero-order valence-corrected chi connectivity index (χ0v) is 12.3. The van der Waals surface area contributed by atoms with Crippen LogP contribution in [0.4, 0.5) is 10.8 Å². The first-order valence-corrected chi connectivity index (χ1v) is 7.70. The van der Waals surface area contributed by atoms with Crippen molar-refractivity contribution in [3.05, 3.63) is 30.3 Å². The number of nitrogens with one attached hydrogen (secondary N) is 1. The number of aromatic nitrogens is 1. The lowest BCUT2D eigenvalue weighted by Gasteiger charge is -2.28. The van der Waals surface area contributed by atoms with Gasteiger partial charge in [0.2, 0.25) is 0 Å². The minimum Gasteiger partial charge on any atom is -0.382 e. The molecule has 2 aromatic rings. The zero-order valence-electron chi connectivity index (χ0n) is 11.5. The minimum absolute atomic E-state index is 0.312. The molecule has 1 aliphatic heterocycles. The second-order valence-corrected chi connectivity index (χ2v) is 5.96. The van der Waals surface area contributed by atoms with Crippen LogP contribution in [0, 0.1) is 0 Å². The van der Waals surface area contributed by atoms with Gasteiger partial charge < -0.3 is 15.8 Å². The monoisotopic (exact) mass is 289 g/mol. The van der Waals surface area contributed by atoms with Gasteiger partial charge in [0.25, 0.3) is 0 Å². The third kappa shape index (κ3) is 2.78. The van der Waals surface area contributed by atoms with Crippen molar-refractivity contribution in [3.8, 4) is 11.1 Å². The lowest BCUT2D eigenvalue weighted by atomic mass is 10.0. The number of nitrogen functional groups attached to an aromatic ring is 1. The Morgan fingerprint density at radius 3 is 2.90 bits per heavy atom. The van der Waals surface area contributed by atoms with Crippen molar-refractivity contribution < 1.29 is 4.74 Å². The van der Waals surface area contributed by atoms with Crippen molar-refractivity contribution >= 4 is 22.4 Å². The predicted molar refractivity (Wildman–Crippen MR) is 84.0 cm³/mol. The lowest BCUT2D eigenvalue weighted by Crippen LogP contribution is -2.32. The van der Waals surface area contributed by atoms with E-state index < -0.39 is 0 Å². The van der Waals surface area contributed by atoms with Gasteiger partial charge in [-0.25, -0.2) is 0 Å². The van der Waals surface area contributed by atoms with Gasteiger partial charge in [-0.3, -0.25) is 0 Å². The van der Waals surface area contributed by atoms with Crippen LogP contribution in [0.25, 0.3) is 11.1 Å². The van der Waals surface area contributed by atoms with Crippen molar-refractivity contribution in [3.63, 3.8) is 0 Å². The van der Waals surface area contributed by atoms with E-state index in [1.807, 2.05) is 18.2 Å². The summed E-state index contributed by atoms with van der Waals surface area (Å²) in [6, 6.07) is 10.6. The Bertz CT molecular complexity index is 570. The predicted octanol–water partition coefficient (Wildman–Crippen LogP) is 3.37. The topological polar surface area (TPSA) is 60.2 Å². The number of ether oxygens (including phenoxy) is 1. The molecule has 0 amide bonds. The summed E-state index contributed by atoms with van der Waals surface area (Å²) in [4.78, 5) is 0. The van der Waals surface area contributed by atoms with Crippen LogP contribution >= 0.6 is 11.5 Å². The zero-order chi connectivity index (χ0) is 13.9. The molecule has 0 saturated carbocycles. The molecule has 2 atom stereocenters. The molecule has 5 heteroatoms. The number of benzene rings is 1. The van der Waals surface area contributed by atoms with Crippen LogP contribution in [0.15, 0.2) is 30.3 Å². The number of hydrogen-bond acceptors (Lipinski definition) is 5. The van der Waals surface area contributed by atoms with Crippen molar-refractivity contribution in [2.24, 2.45) is 0 Å². The Labute approximate surface area is 123 Å². The van der Waals surface area contributed by atoms with Crippen molar-refractivity contribution in [1.82, 2.24) is 4.37 Å². The number of nitrogens with two attached hydrogens (primary N) is 1. The second kappa shape index (κ2) is 5.81. The molecule has 2 heterocycles. The summed E-state index contributed by atoms with van der Waals surface area (Å²) in [5.74, 6) is 0.601. The Balaban J connectivity index is 1.84. The van der Waals surface area contributed by atoms with Crippen LogP contribution in [0.1, 0.15) is 19.8 Å². The Morgan fingerprint density at radius 2 is 2.15 bits per heavy atom. The fourth-order valence-electron chi connectivity index (χ4n) is 2.60. The Morgan fingerprint density at radius 1 is 1.35 bits per heavy atom. The highest BCUT2D eigenvalue weighted by molar-refractivity contribution is 7.11. The maximum absolute atomic E-state index is 6.04. The number of nitrogens with zero attached hydrogens (tertiary/aromatic N) is 1. The van der Waals surface area contributed by atoms with Gasteiger partial charge in [-0.1, -0.05) is 30.3 Å². The molecule has 1 saturated heterocycles. The summed E-state index contributed by atoms with van der Waals surface area (Å²) < 4.78 is 9.89. The summed E-state index contributed by atoms with van der Waals surface area (Å²) in [6.45, 7) is 2.93. The summed E-state index contributed by atoms with van der Waals surface area (Å²) in [5, 5.41) is 4.66. The van der Waals surface area contributed by atoms with Crippen molar-refractivity contribution in [2.45, 2.75) is 31.9 Å². The Kier molecular flexibility index (Phi) is 3.89. The second-order valence-electron chi connectivity index (χ2n) is 5.19. The van der Waals surface area contributed by atoms with E-state index in [1.165, 1.54) is 11.5 Å². The Hall–Kier alpha value is -1.59. The van der Waals surface area contributed by atoms with E-state index in [2.05, 4.69) is 28.7 Å². The normalized spacial score (nSPS) is 22.6. The molecule has 20 heavy (non-hydrogen) atoms. The fourth-order valence-corrected chi connectivity index (χ4v) is 3.41. The first-order chi connectivity index (χ1) is 9.74. The van der Waals surface area contributed by atoms with Crippen molar-refractivity contribution in [2.75, 3.05) is 17.7 Å². The summed E-state index contributed by atoms with van der Waals surface area (Å²) >= 11 is 1.44. The number of anilines is 2. The van der Waals surface area contributed by atoms with E-state index in [1.54, 1.807) is 0 Å². The SMILES string of the molecule is CC1CC(Nc2snc(N)c2-c2ccccc2)CCO1. The van der Waals surface area contributed by atoms with Gasteiger partial charge in [-0.15, -0.1) is 0 Å². The highest BCUT2D eigenvalue weighted by atomic mass is 32.1. The van der Waals surface area contributed by atoms with Crippen molar-refractivity contribution in [1.29, 1.82) is 0 Å². The van der Waals surface area contributed by atoms with Gasteiger partial charge in [-0.05, 0) is 36.9 Å². The molecular weight excluding hydrogens is 270 g/mol. The van der Waals surface area contributed by atoms with E-state index >= 15 is 0 Å². The maximum atomic E-state index is 6.04. The van der Waals surface area contributed by atoms with Gasteiger partial charge in [-0.2, -0.15) is 4.37 Å². The first-order valence-electron chi connectivity index (χ1n) is 6.92. The van der Waals surface area contributed by atoms with Gasteiger partial charge in [0, 0.05) is 12.6 Å². The van der Waals surface area contributed by atoms with Crippen LogP contribution in [0.5, 0.6) is 0 Å². The highest BCUT2D eigenvalue weighted by Crippen LogP contribution is 2.37. The molecular formula is C15H19N3OS. The standard InChI is InChI=1S/C15H19N3OS/c1-10-9-12(7-8-19-10)17-15-13(14(16)18-20-15)11-5-3-2-4-6-11/h2-6,10,12,17H,7-9H2,1H3,(H2,16,18). The van der Waals surface area contributed by atoms with Crippen LogP contribution in [-0.4, -0.2) is 23.1 Å². The van der Waals surface area contributed by atoms with Gasteiger partial charge in [0.1, 0.15) is 10.8 Å². The van der Waals surface area contributed by atoms with E-state index in [9.17, 15) is 0 Å². The van der Waals surface area contributed by atoms with E-state index in [0.717, 1.165) is 35.6 Å². The third-order valence-electron chi connectivity index (χ3n) is 3.60. The third-order valence-corrected chi connectivity index (χ3v) is 4.39. The summed E-state index contributed by atoms with van der Waals surface area (Å²) in [5.41, 5.74) is 8.18. The van der Waals surface area contributed by atoms with E-state index in [0.29, 0.717) is 18.0 Å². The van der Waals surface area contributed by atoms with E-state index in [4.69, 9.17) is 10.5 Å². The molecule has 1 aliphatic rings. The molecule has 1 fully saturated rings. The number of hydrogen-bond donors (Lipinski definition) is 2. The largest absolute Gasteiger partial charge is 0.382 e. The summed E-state index contributed by atoms with van der Waals surface area (Å²) in [6.07, 6.45) is 2.36. The van der Waals surface area contributed by atoms with Crippen LogP contribution in [0.2, 0.25) is 0 Å². The molecule has 106 valence electrons. The molecule has 3 rings (SSSR count). The van der Waals surface area contributed by atoms with Crippen LogP contribution < -0.4 is 11.1 Å². The fraction of sp³-hybridized carbons (Fsp3) is 0.400. The molecule has 4 nitrogen and oxygen atoms in total. The molecule has 1 aromatic heterocycles. The van der Waals surface area contributed by atoms with Gasteiger partial charge in [0.15, 0.2) is 0 Å². The van der Waals surface area contributed by atoms with Crippen LogP contribution in [0.3, 0.4) is 0 Å². The number of rotatable bonds is 3. The average molecular weight is 289 g/mol. The molecule has 0 aliphatic carbocycles.